The monoisotopic (exact) mass is 362 g/mol. The first-order valence-corrected chi connectivity index (χ1v) is 8.62. The van der Waals surface area contributed by atoms with Crippen LogP contribution in [0.4, 0.5) is 17.1 Å². The number of non-ortho nitro benzene ring substituents is 1. The van der Waals surface area contributed by atoms with Crippen LogP contribution in [0.1, 0.15) is 17.0 Å². The van der Waals surface area contributed by atoms with E-state index in [4.69, 9.17) is 0 Å². The Hall–Kier alpha value is -3.41. The zero-order valence-corrected chi connectivity index (χ0v) is 15.9. The number of hydrogen-bond donors (Lipinski definition) is 0. The van der Waals surface area contributed by atoms with Crippen molar-refractivity contribution < 1.29 is 4.92 Å². The molecule has 0 spiro atoms. The molecule has 2 aromatic carbocycles. The molecule has 3 aromatic rings. The fourth-order valence-electron chi connectivity index (χ4n) is 3.05. The van der Waals surface area contributed by atoms with Crippen LogP contribution in [0.3, 0.4) is 0 Å². The van der Waals surface area contributed by atoms with Gasteiger partial charge in [0.15, 0.2) is 0 Å². The van der Waals surface area contributed by atoms with Gasteiger partial charge in [-0.1, -0.05) is 6.07 Å². The predicted molar refractivity (Wildman–Crippen MR) is 110 cm³/mol. The van der Waals surface area contributed by atoms with Gasteiger partial charge in [0.25, 0.3) is 5.69 Å². The molecule has 1 heterocycles. The molecule has 0 saturated heterocycles. The van der Waals surface area contributed by atoms with Crippen LogP contribution in [-0.2, 0) is 0 Å². The number of benzene rings is 2. The Morgan fingerprint density at radius 2 is 1.78 bits per heavy atom. The van der Waals surface area contributed by atoms with Crippen LogP contribution in [-0.4, -0.2) is 29.8 Å². The molecular weight excluding hydrogens is 340 g/mol. The highest BCUT2D eigenvalue weighted by atomic mass is 16.6. The van der Waals surface area contributed by atoms with Crippen LogP contribution in [0.15, 0.2) is 59.6 Å². The number of hydrogen-bond acceptors (Lipinski definition) is 4. The summed E-state index contributed by atoms with van der Waals surface area (Å²) in [5.41, 5.74) is 5.99. The minimum Gasteiger partial charge on any atom is -0.378 e. The Kier molecular flexibility index (Phi) is 5.07. The lowest BCUT2D eigenvalue weighted by molar-refractivity contribution is -0.384. The Morgan fingerprint density at radius 3 is 2.41 bits per heavy atom. The molecular formula is C21H22N4O2. The molecule has 0 unspecified atom stereocenters. The van der Waals surface area contributed by atoms with Crippen molar-refractivity contribution in [1.29, 1.82) is 0 Å². The van der Waals surface area contributed by atoms with Gasteiger partial charge < -0.3 is 9.47 Å². The molecule has 138 valence electrons. The van der Waals surface area contributed by atoms with Gasteiger partial charge in [0.05, 0.1) is 10.6 Å². The molecule has 0 N–H and O–H groups in total. The van der Waals surface area contributed by atoms with E-state index in [-0.39, 0.29) is 5.69 Å². The van der Waals surface area contributed by atoms with E-state index in [0.29, 0.717) is 5.69 Å². The molecule has 0 bridgehead atoms. The third-order valence-corrected chi connectivity index (χ3v) is 4.49. The zero-order valence-electron chi connectivity index (χ0n) is 15.9. The smallest absolute Gasteiger partial charge is 0.271 e. The summed E-state index contributed by atoms with van der Waals surface area (Å²) < 4.78 is 2.17. The molecule has 6 nitrogen and oxygen atoms in total. The molecule has 0 aliphatic rings. The molecule has 0 fully saturated rings. The number of nitrogens with zero attached hydrogens (tertiary/aromatic N) is 4. The topological polar surface area (TPSA) is 63.7 Å². The van der Waals surface area contributed by atoms with E-state index in [1.165, 1.54) is 12.1 Å². The number of nitro groups is 1. The van der Waals surface area contributed by atoms with Gasteiger partial charge in [-0.15, -0.1) is 0 Å². The van der Waals surface area contributed by atoms with E-state index in [0.717, 1.165) is 28.3 Å². The van der Waals surface area contributed by atoms with Gasteiger partial charge in [-0.2, -0.15) is 0 Å². The molecule has 27 heavy (non-hydrogen) atoms. The second-order valence-electron chi connectivity index (χ2n) is 6.61. The van der Waals surface area contributed by atoms with Crippen molar-refractivity contribution in [2.75, 3.05) is 19.0 Å². The third-order valence-electron chi connectivity index (χ3n) is 4.49. The number of aryl methyl sites for hydroxylation is 1. The van der Waals surface area contributed by atoms with Crippen LogP contribution in [0.5, 0.6) is 0 Å². The Balaban J connectivity index is 1.91. The normalized spacial score (nSPS) is 11.1. The van der Waals surface area contributed by atoms with E-state index >= 15 is 0 Å². The van der Waals surface area contributed by atoms with Crippen molar-refractivity contribution in [2.45, 2.75) is 13.8 Å². The van der Waals surface area contributed by atoms with Crippen molar-refractivity contribution in [1.82, 2.24) is 4.57 Å². The van der Waals surface area contributed by atoms with E-state index in [9.17, 15) is 10.1 Å². The van der Waals surface area contributed by atoms with Crippen LogP contribution in [0.2, 0.25) is 0 Å². The zero-order chi connectivity index (χ0) is 19.6. The summed E-state index contributed by atoms with van der Waals surface area (Å²) >= 11 is 0. The maximum atomic E-state index is 10.9. The first kappa shape index (κ1) is 18.4. The fourth-order valence-corrected chi connectivity index (χ4v) is 3.05. The molecule has 0 amide bonds. The molecule has 0 aliphatic carbocycles. The van der Waals surface area contributed by atoms with Gasteiger partial charge in [-0.25, -0.2) is 0 Å². The quantitative estimate of drug-likeness (QED) is 0.371. The predicted octanol–water partition coefficient (Wildman–Crippen LogP) is 4.82. The van der Waals surface area contributed by atoms with Crippen LogP contribution >= 0.6 is 0 Å². The highest BCUT2D eigenvalue weighted by Gasteiger charge is 2.10. The summed E-state index contributed by atoms with van der Waals surface area (Å²) in [6, 6.07) is 16.8. The van der Waals surface area contributed by atoms with Crippen molar-refractivity contribution in [3.05, 3.63) is 81.7 Å². The molecule has 3 rings (SSSR count). The second kappa shape index (κ2) is 7.45. The lowest BCUT2D eigenvalue weighted by Crippen LogP contribution is -2.08. The van der Waals surface area contributed by atoms with Crippen molar-refractivity contribution in [3.63, 3.8) is 0 Å². The number of anilines is 1. The molecule has 0 aliphatic heterocycles. The van der Waals surface area contributed by atoms with Gasteiger partial charge in [0.2, 0.25) is 0 Å². The molecule has 6 heteroatoms. The first-order valence-electron chi connectivity index (χ1n) is 8.62. The largest absolute Gasteiger partial charge is 0.378 e. The van der Waals surface area contributed by atoms with Crippen molar-refractivity contribution in [3.8, 4) is 5.69 Å². The maximum Gasteiger partial charge on any atom is 0.271 e. The van der Waals surface area contributed by atoms with Crippen LogP contribution in [0.25, 0.3) is 5.69 Å². The summed E-state index contributed by atoms with van der Waals surface area (Å²) in [5, 5.41) is 10.9. The maximum absolute atomic E-state index is 10.9. The van der Waals surface area contributed by atoms with E-state index in [1.807, 2.05) is 21.0 Å². The Morgan fingerprint density at radius 1 is 1.07 bits per heavy atom. The Labute approximate surface area is 158 Å². The van der Waals surface area contributed by atoms with Crippen molar-refractivity contribution in [2.24, 2.45) is 4.99 Å². The summed E-state index contributed by atoms with van der Waals surface area (Å²) in [6.45, 7) is 4.10. The number of rotatable bonds is 5. The average Bonchev–Trinajstić information content (AvgIpc) is 2.93. The lowest BCUT2D eigenvalue weighted by atomic mass is 10.2. The lowest BCUT2D eigenvalue weighted by Gasteiger charge is -2.14. The highest BCUT2D eigenvalue weighted by Crippen LogP contribution is 2.24. The molecule has 0 atom stereocenters. The van der Waals surface area contributed by atoms with E-state index < -0.39 is 4.92 Å². The van der Waals surface area contributed by atoms with Gasteiger partial charge in [-0.3, -0.25) is 15.1 Å². The SMILES string of the molecule is Cc1cc(C=Nc2cccc([N+](=O)[O-])c2)c(C)n1-c1ccc(N(C)C)cc1. The number of nitro benzene ring substituents is 1. The first-order chi connectivity index (χ1) is 12.9. The summed E-state index contributed by atoms with van der Waals surface area (Å²) in [5.74, 6) is 0. The van der Waals surface area contributed by atoms with E-state index in [2.05, 4.69) is 51.7 Å². The third kappa shape index (κ3) is 3.89. The average molecular weight is 362 g/mol. The van der Waals surface area contributed by atoms with E-state index in [1.54, 1.807) is 18.3 Å². The summed E-state index contributed by atoms with van der Waals surface area (Å²) in [4.78, 5) is 17.0. The van der Waals surface area contributed by atoms with Gasteiger partial charge in [0, 0.05) is 60.8 Å². The standard InChI is InChI=1S/C21H22N4O2/c1-15-12-17(14-22-18-6-5-7-21(13-18)25(26)27)16(2)24(15)20-10-8-19(9-11-20)23(3)4/h5-14H,1-4H3. The summed E-state index contributed by atoms with van der Waals surface area (Å²) in [7, 11) is 4.04. The fraction of sp³-hybridized carbons (Fsp3) is 0.190. The number of aromatic nitrogens is 1. The van der Waals surface area contributed by atoms with Crippen LogP contribution in [0, 0.1) is 24.0 Å². The molecule has 1 aromatic heterocycles. The highest BCUT2D eigenvalue weighted by molar-refractivity contribution is 5.84. The summed E-state index contributed by atoms with van der Waals surface area (Å²) in [6.07, 6.45) is 1.76. The second-order valence-corrected chi connectivity index (χ2v) is 6.61. The molecule has 0 radical (unpaired) electrons. The minimum absolute atomic E-state index is 0.0381. The van der Waals surface area contributed by atoms with Gasteiger partial charge in [-0.05, 0) is 50.2 Å². The Bertz CT molecular complexity index is 1000. The minimum atomic E-state index is -0.414. The van der Waals surface area contributed by atoms with Gasteiger partial charge in [0.1, 0.15) is 0 Å². The molecule has 0 saturated carbocycles. The van der Waals surface area contributed by atoms with Gasteiger partial charge >= 0.3 is 0 Å². The van der Waals surface area contributed by atoms with Crippen LogP contribution < -0.4 is 4.90 Å². The number of aliphatic imine (C=N–C) groups is 1. The van der Waals surface area contributed by atoms with Crippen molar-refractivity contribution >= 4 is 23.3 Å².